The summed E-state index contributed by atoms with van der Waals surface area (Å²) < 4.78 is 0. The maximum Gasteiger partial charge on any atom is 0.0325 e. The minimum atomic E-state index is 0.292. The van der Waals surface area contributed by atoms with Gasteiger partial charge in [-0.1, -0.05) is 55.4 Å². The molecule has 0 aliphatic heterocycles. The molecule has 0 radical (unpaired) electrons. The molecular formula is C21H47N3. The molecule has 0 aromatic heterocycles. The lowest BCUT2D eigenvalue weighted by Crippen LogP contribution is -2.54. The number of hydrogen-bond acceptors (Lipinski definition) is 3. The van der Waals surface area contributed by atoms with Crippen molar-refractivity contribution in [2.24, 2.45) is 11.3 Å². The second-order valence-corrected chi connectivity index (χ2v) is 9.11. The van der Waals surface area contributed by atoms with E-state index in [9.17, 15) is 0 Å². The first-order chi connectivity index (χ1) is 11.0. The van der Waals surface area contributed by atoms with E-state index in [2.05, 4.69) is 84.5 Å². The third-order valence-electron chi connectivity index (χ3n) is 5.41. The van der Waals surface area contributed by atoms with E-state index < -0.39 is 0 Å². The van der Waals surface area contributed by atoms with Gasteiger partial charge >= 0.3 is 0 Å². The number of nitrogens with one attached hydrogen (secondary N) is 1. The van der Waals surface area contributed by atoms with Gasteiger partial charge in [-0.05, 0) is 44.7 Å². The third-order valence-corrected chi connectivity index (χ3v) is 5.41. The Hall–Kier alpha value is -0.120. The van der Waals surface area contributed by atoms with Crippen LogP contribution in [-0.2, 0) is 0 Å². The zero-order chi connectivity index (χ0) is 18.9. The Morgan fingerprint density at radius 3 is 1.79 bits per heavy atom. The van der Waals surface area contributed by atoms with Gasteiger partial charge in [0.25, 0.3) is 0 Å². The first kappa shape index (κ1) is 23.9. The molecule has 0 rings (SSSR count). The second kappa shape index (κ2) is 11.5. The van der Waals surface area contributed by atoms with Gasteiger partial charge in [0.1, 0.15) is 0 Å². The minimum Gasteiger partial charge on any atom is -0.308 e. The fourth-order valence-electron chi connectivity index (χ4n) is 3.34. The van der Waals surface area contributed by atoms with Crippen LogP contribution < -0.4 is 5.32 Å². The molecule has 0 saturated carbocycles. The molecule has 0 amide bonds. The van der Waals surface area contributed by atoms with Gasteiger partial charge in [-0.25, -0.2) is 0 Å². The smallest absolute Gasteiger partial charge is 0.0325 e. The standard InChI is InChI=1S/C21H47N3/c1-11-20(12-2)23(10)15-19(22-18(6)21(7,8)9)16-24(13-3)14-17(4)5/h17-20,22H,11-16H2,1-10H3. The van der Waals surface area contributed by atoms with Crippen LogP contribution in [0.1, 0.15) is 75.2 Å². The Balaban J connectivity index is 4.99. The van der Waals surface area contributed by atoms with E-state index in [4.69, 9.17) is 0 Å². The van der Waals surface area contributed by atoms with Crippen LogP contribution in [0.5, 0.6) is 0 Å². The molecule has 1 N–H and O–H groups in total. The van der Waals surface area contributed by atoms with Crippen LogP contribution in [-0.4, -0.2) is 61.2 Å². The molecule has 0 aliphatic rings. The second-order valence-electron chi connectivity index (χ2n) is 9.11. The Kier molecular flexibility index (Phi) is 11.4. The summed E-state index contributed by atoms with van der Waals surface area (Å²) in [5.74, 6) is 0.724. The van der Waals surface area contributed by atoms with E-state index in [-0.39, 0.29) is 0 Å². The topological polar surface area (TPSA) is 18.5 Å². The first-order valence-corrected chi connectivity index (χ1v) is 10.2. The third kappa shape index (κ3) is 9.39. The van der Waals surface area contributed by atoms with Crippen molar-refractivity contribution in [1.29, 1.82) is 0 Å². The molecule has 2 unspecified atom stereocenters. The van der Waals surface area contributed by atoms with E-state index >= 15 is 0 Å². The minimum absolute atomic E-state index is 0.292. The lowest BCUT2D eigenvalue weighted by molar-refractivity contribution is 0.147. The van der Waals surface area contributed by atoms with Crippen LogP contribution >= 0.6 is 0 Å². The van der Waals surface area contributed by atoms with Crippen LogP contribution in [0.25, 0.3) is 0 Å². The average Bonchev–Trinajstić information content (AvgIpc) is 2.46. The lowest BCUT2D eigenvalue weighted by Gasteiger charge is -2.38. The van der Waals surface area contributed by atoms with Gasteiger partial charge in [0, 0.05) is 37.8 Å². The molecule has 0 fully saturated rings. The van der Waals surface area contributed by atoms with Crippen molar-refractivity contribution in [3.8, 4) is 0 Å². The van der Waals surface area contributed by atoms with Crippen LogP contribution in [0, 0.1) is 11.3 Å². The van der Waals surface area contributed by atoms with Crippen LogP contribution in [0.4, 0.5) is 0 Å². The molecule has 0 saturated heterocycles. The van der Waals surface area contributed by atoms with Crippen LogP contribution in [0.2, 0.25) is 0 Å². The summed E-state index contributed by atoms with van der Waals surface area (Å²) in [6.45, 7) is 25.5. The van der Waals surface area contributed by atoms with Gasteiger partial charge < -0.3 is 15.1 Å². The average molecular weight is 342 g/mol. The number of rotatable bonds is 12. The number of nitrogens with zero attached hydrogens (tertiary/aromatic N) is 2. The molecule has 0 heterocycles. The molecule has 0 aliphatic carbocycles. The zero-order valence-corrected chi connectivity index (χ0v) is 18.4. The van der Waals surface area contributed by atoms with Crippen LogP contribution in [0.3, 0.4) is 0 Å². The van der Waals surface area contributed by atoms with E-state index in [1.54, 1.807) is 0 Å². The summed E-state index contributed by atoms with van der Waals surface area (Å²) in [6, 6.07) is 1.72. The molecule has 3 heteroatoms. The monoisotopic (exact) mass is 341 g/mol. The normalized spacial score (nSPS) is 15.8. The fraction of sp³-hybridized carbons (Fsp3) is 1.00. The van der Waals surface area contributed by atoms with Gasteiger partial charge in [-0.15, -0.1) is 0 Å². The molecule has 3 nitrogen and oxygen atoms in total. The zero-order valence-electron chi connectivity index (χ0n) is 18.4. The maximum absolute atomic E-state index is 3.95. The quantitative estimate of drug-likeness (QED) is 0.565. The largest absolute Gasteiger partial charge is 0.308 e. The number of hydrogen-bond donors (Lipinski definition) is 1. The van der Waals surface area contributed by atoms with E-state index in [1.807, 2.05) is 0 Å². The van der Waals surface area contributed by atoms with Gasteiger partial charge in [-0.2, -0.15) is 0 Å². The Morgan fingerprint density at radius 2 is 1.42 bits per heavy atom. The van der Waals surface area contributed by atoms with Crippen molar-refractivity contribution in [3.63, 3.8) is 0 Å². The highest BCUT2D eigenvalue weighted by Gasteiger charge is 2.25. The maximum atomic E-state index is 3.95. The molecule has 0 aromatic carbocycles. The lowest BCUT2D eigenvalue weighted by atomic mass is 9.87. The van der Waals surface area contributed by atoms with Crippen molar-refractivity contribution < 1.29 is 0 Å². The highest BCUT2D eigenvalue weighted by Crippen LogP contribution is 2.19. The van der Waals surface area contributed by atoms with Gasteiger partial charge in [-0.3, -0.25) is 0 Å². The molecular weight excluding hydrogens is 294 g/mol. The highest BCUT2D eigenvalue weighted by molar-refractivity contribution is 4.85. The summed E-state index contributed by atoms with van der Waals surface area (Å²) >= 11 is 0. The molecule has 24 heavy (non-hydrogen) atoms. The van der Waals surface area contributed by atoms with E-state index in [1.165, 1.54) is 19.4 Å². The van der Waals surface area contributed by atoms with Crippen molar-refractivity contribution in [2.75, 3.05) is 33.2 Å². The Labute approximate surface area is 153 Å². The van der Waals surface area contributed by atoms with Crippen molar-refractivity contribution in [3.05, 3.63) is 0 Å². The fourth-order valence-corrected chi connectivity index (χ4v) is 3.34. The molecule has 0 bridgehead atoms. The van der Waals surface area contributed by atoms with E-state index in [0.29, 0.717) is 23.5 Å². The van der Waals surface area contributed by atoms with Gasteiger partial charge in [0.2, 0.25) is 0 Å². The summed E-state index contributed by atoms with van der Waals surface area (Å²) in [6.07, 6.45) is 2.47. The number of likely N-dealkylation sites (N-methyl/N-ethyl adjacent to an activating group) is 2. The molecule has 0 spiro atoms. The summed E-state index contributed by atoms with van der Waals surface area (Å²) in [4.78, 5) is 5.18. The van der Waals surface area contributed by atoms with Gasteiger partial charge in [0.05, 0.1) is 0 Å². The Bertz CT molecular complexity index is 301. The van der Waals surface area contributed by atoms with Crippen molar-refractivity contribution in [1.82, 2.24) is 15.1 Å². The summed E-state index contributed by atoms with van der Waals surface area (Å²) in [7, 11) is 2.30. The van der Waals surface area contributed by atoms with Crippen LogP contribution in [0.15, 0.2) is 0 Å². The molecule has 2 atom stereocenters. The SMILES string of the molecule is CCC(CC)N(C)CC(CN(CC)CC(C)C)NC(C)C(C)(C)C. The summed E-state index contributed by atoms with van der Waals surface area (Å²) in [5, 5.41) is 3.95. The molecule has 0 aromatic rings. The first-order valence-electron chi connectivity index (χ1n) is 10.2. The summed E-state index contributed by atoms with van der Waals surface area (Å²) in [5.41, 5.74) is 0.292. The van der Waals surface area contributed by atoms with Crippen molar-refractivity contribution in [2.45, 2.75) is 93.3 Å². The predicted octanol–water partition coefficient (Wildman–Crippen LogP) is 4.48. The molecule has 146 valence electrons. The van der Waals surface area contributed by atoms with Crippen molar-refractivity contribution >= 4 is 0 Å². The highest BCUT2D eigenvalue weighted by atomic mass is 15.2. The van der Waals surface area contributed by atoms with E-state index in [0.717, 1.165) is 25.6 Å². The Morgan fingerprint density at radius 1 is 0.875 bits per heavy atom. The predicted molar refractivity (Wildman–Crippen MR) is 110 cm³/mol. The van der Waals surface area contributed by atoms with Gasteiger partial charge in [0.15, 0.2) is 0 Å².